The summed E-state index contributed by atoms with van der Waals surface area (Å²) in [7, 11) is 0. The van der Waals surface area contributed by atoms with Crippen molar-refractivity contribution in [1.82, 2.24) is 0 Å². The van der Waals surface area contributed by atoms with E-state index in [9.17, 15) is 0 Å². The quantitative estimate of drug-likeness (QED) is 0.494. The Kier molecular flexibility index (Phi) is 20.0. The normalized spacial score (nSPS) is 4.50. The summed E-state index contributed by atoms with van der Waals surface area (Å²) in [6.07, 6.45) is 0. The van der Waals surface area contributed by atoms with Crippen LogP contribution in [0.3, 0.4) is 0 Å². The van der Waals surface area contributed by atoms with Gasteiger partial charge >= 0.3 is 32.8 Å². The van der Waals surface area contributed by atoms with E-state index in [-0.39, 0.29) is 12.4 Å². The third-order valence-corrected chi connectivity index (χ3v) is 0. The van der Waals surface area contributed by atoms with Crippen LogP contribution in [-0.2, 0) is 0 Å². The van der Waals surface area contributed by atoms with Crippen molar-refractivity contribution in [2.24, 2.45) is 5.73 Å². The van der Waals surface area contributed by atoms with Gasteiger partial charge in [0.05, 0.1) is 0 Å². The fourth-order valence-corrected chi connectivity index (χ4v) is 0. The van der Waals surface area contributed by atoms with E-state index in [1.165, 1.54) is 22.5 Å². The van der Waals surface area contributed by atoms with Crippen LogP contribution in [0.1, 0.15) is 0 Å². The van der Waals surface area contributed by atoms with Gasteiger partial charge in [0.15, 0.2) is 0 Å². The summed E-state index contributed by atoms with van der Waals surface area (Å²) in [4.78, 5) is 0. The molecule has 0 saturated carbocycles. The van der Waals surface area contributed by atoms with Crippen molar-refractivity contribution < 1.29 is 0 Å². The molecule has 2 radical (unpaired) electrons. The van der Waals surface area contributed by atoms with Gasteiger partial charge in [0, 0.05) is 0 Å². The van der Waals surface area contributed by atoms with Crippen molar-refractivity contribution in [1.29, 1.82) is 0 Å². The van der Waals surface area contributed by atoms with Gasteiger partial charge in [-0.15, -0.1) is 12.4 Å². The van der Waals surface area contributed by atoms with Crippen LogP contribution in [0.15, 0.2) is 0 Å². The van der Waals surface area contributed by atoms with Crippen molar-refractivity contribution in [3.05, 3.63) is 0 Å². The molecular weight excluding hydrogens is 180 g/mol. The van der Waals surface area contributed by atoms with E-state index in [0.717, 1.165) is 4.56 Å². The molecule has 3 heteroatoms. The van der Waals surface area contributed by atoms with E-state index >= 15 is 0 Å². The van der Waals surface area contributed by atoms with Gasteiger partial charge in [-0.3, -0.25) is 0 Å². The molecule has 0 fully saturated rings. The molecule has 1 nitrogen and oxygen atoms in total. The molecule has 0 aliphatic carbocycles. The topological polar surface area (TPSA) is 26.0 Å². The Morgan fingerprint density at radius 3 is 1.75 bits per heavy atom. The average molecular weight is 186 g/mol. The second-order valence-electron chi connectivity index (χ2n) is 0.236. The molecule has 0 heterocycles. The van der Waals surface area contributed by atoms with Gasteiger partial charge in [0.25, 0.3) is 0 Å². The summed E-state index contributed by atoms with van der Waals surface area (Å²) in [6, 6.07) is 0. The third-order valence-electron chi connectivity index (χ3n) is 0. The number of hydrogen-bond donors (Lipinski definition) is 1. The number of halogens is 1. The summed E-state index contributed by atoms with van der Waals surface area (Å²) < 4.78 is 0.880. The van der Waals surface area contributed by atoms with Crippen LogP contribution >= 0.6 is 12.4 Å². The Labute approximate surface area is 45.4 Å². The van der Waals surface area contributed by atoms with E-state index < -0.39 is 0 Å². The minimum absolute atomic E-state index is 0. The summed E-state index contributed by atoms with van der Waals surface area (Å²) in [5, 5.41) is 0. The maximum atomic E-state index is 4.90. The van der Waals surface area contributed by atoms with E-state index in [2.05, 4.69) is 0 Å². The van der Waals surface area contributed by atoms with Crippen molar-refractivity contribution in [3.8, 4) is 0 Å². The molecule has 0 aromatic rings. The number of rotatable bonds is 0. The molecule has 0 spiro atoms. The third kappa shape index (κ3) is 11.6. The molecule has 2 N–H and O–H groups in total. The second kappa shape index (κ2) is 8.97. The van der Waals surface area contributed by atoms with Crippen LogP contribution in [0.25, 0.3) is 0 Å². The zero-order valence-electron chi connectivity index (χ0n) is 2.27. The van der Waals surface area contributed by atoms with Crippen LogP contribution in [0.2, 0.25) is 0 Å². The fraction of sp³-hybridized carbons (Fsp3) is 1.00. The van der Waals surface area contributed by atoms with Crippen molar-refractivity contribution in [2.45, 2.75) is 0 Å². The van der Waals surface area contributed by atoms with E-state index in [4.69, 9.17) is 5.73 Å². The van der Waals surface area contributed by atoms with E-state index in [0.29, 0.717) is 0 Å². The predicted molar refractivity (Wildman–Crippen MR) is 23.5 cm³/mol. The van der Waals surface area contributed by atoms with Crippen molar-refractivity contribution in [2.75, 3.05) is 4.56 Å². The molecule has 26 valence electrons. The molecule has 0 saturated heterocycles. The van der Waals surface area contributed by atoms with E-state index in [1.807, 2.05) is 0 Å². The van der Waals surface area contributed by atoms with Crippen molar-refractivity contribution >= 4 is 34.9 Å². The number of nitrogens with two attached hydrogens (primary N) is 1. The Hall–Kier alpha value is 1.05. The average Bonchev–Trinajstić information content (AvgIpc) is 0.918. The first-order valence-corrected chi connectivity index (χ1v) is 3.15. The Balaban J connectivity index is 0. The van der Waals surface area contributed by atoms with Gasteiger partial charge in [-0.1, -0.05) is 0 Å². The molecule has 0 aromatic heterocycles. The molecule has 0 aliphatic heterocycles. The van der Waals surface area contributed by atoms with Gasteiger partial charge < -0.3 is 0 Å². The van der Waals surface area contributed by atoms with Crippen LogP contribution in [0.4, 0.5) is 0 Å². The SMILES string of the molecule is Cl.N[CH2][SnH]. The van der Waals surface area contributed by atoms with Crippen LogP contribution in [0.5, 0.6) is 0 Å². The number of hydrogen-bond acceptors (Lipinski definition) is 1. The maximum absolute atomic E-state index is 4.90. The molecule has 0 aliphatic rings. The Bertz CT molecular complexity index is 8.00. The van der Waals surface area contributed by atoms with Gasteiger partial charge in [-0.05, 0) is 0 Å². The van der Waals surface area contributed by atoms with Crippen LogP contribution < -0.4 is 5.73 Å². The summed E-state index contributed by atoms with van der Waals surface area (Å²) in [5.41, 5.74) is 4.90. The first-order valence-electron chi connectivity index (χ1n) is 0.816. The Morgan fingerprint density at radius 2 is 1.75 bits per heavy atom. The van der Waals surface area contributed by atoms with Gasteiger partial charge in [-0.25, -0.2) is 0 Å². The van der Waals surface area contributed by atoms with Gasteiger partial charge in [0.1, 0.15) is 0 Å². The minimum atomic E-state index is 0. The molecule has 0 rings (SSSR count). The molecular formula is CH6ClNSn. The first-order chi connectivity index (χ1) is 1.41. The molecule has 0 aromatic carbocycles. The predicted octanol–water partition coefficient (Wildman–Crippen LogP) is -0.775. The van der Waals surface area contributed by atoms with Crippen LogP contribution in [-0.4, -0.2) is 27.1 Å². The summed E-state index contributed by atoms with van der Waals surface area (Å²) in [5.74, 6) is 0. The second-order valence-corrected chi connectivity index (χ2v) is 1.58. The molecule has 0 amide bonds. The van der Waals surface area contributed by atoms with Gasteiger partial charge in [-0.2, -0.15) is 0 Å². The summed E-state index contributed by atoms with van der Waals surface area (Å²) >= 11 is 1.19. The molecule has 0 bridgehead atoms. The molecule has 4 heavy (non-hydrogen) atoms. The monoisotopic (exact) mass is 187 g/mol. The standard InChI is InChI=1S/CH4N.ClH.Sn.H/c1-2;;;/h1-2H2;1H;;. The zero-order chi connectivity index (χ0) is 2.71. The fourth-order valence-electron chi connectivity index (χ4n) is 0. The molecule has 0 atom stereocenters. The van der Waals surface area contributed by atoms with E-state index in [1.54, 1.807) is 0 Å². The van der Waals surface area contributed by atoms with Crippen LogP contribution in [0, 0.1) is 0 Å². The zero-order valence-corrected chi connectivity index (χ0v) is 6.38. The van der Waals surface area contributed by atoms with Crippen molar-refractivity contribution in [3.63, 3.8) is 0 Å². The summed E-state index contributed by atoms with van der Waals surface area (Å²) in [6.45, 7) is 0. The molecule has 0 unspecified atom stereocenters. The first kappa shape index (κ1) is 8.90. The van der Waals surface area contributed by atoms with Gasteiger partial charge in [0.2, 0.25) is 0 Å². The Morgan fingerprint density at radius 1 is 1.75 bits per heavy atom.